The molecule has 0 aliphatic carbocycles. The number of aryl methyl sites for hydroxylation is 1. The molecule has 2 N–H and O–H groups in total. The molecule has 2 amide bonds. The topological polar surface area (TPSA) is 72.9 Å². The first-order valence-electron chi connectivity index (χ1n) is 6.95. The number of piperazine rings is 1. The lowest BCUT2D eigenvalue weighted by atomic mass is 10.1. The fraction of sp³-hybridized carbons (Fsp3) is 0.467. The first-order valence-corrected chi connectivity index (χ1v) is 6.95. The van der Waals surface area contributed by atoms with Crippen LogP contribution in [-0.4, -0.2) is 66.5 Å². The van der Waals surface area contributed by atoms with Gasteiger partial charge in [0.2, 0.25) is 5.91 Å². The van der Waals surface area contributed by atoms with E-state index in [2.05, 4.69) is 5.32 Å². The molecular weight excluding hydrogens is 270 g/mol. The Morgan fingerprint density at radius 3 is 2.76 bits per heavy atom. The number of benzene rings is 1. The molecule has 0 aromatic heterocycles. The Bertz CT molecular complexity index is 557. The quantitative estimate of drug-likeness (QED) is 0.816. The highest BCUT2D eigenvalue weighted by atomic mass is 16.3. The van der Waals surface area contributed by atoms with Crippen molar-refractivity contribution in [2.45, 2.75) is 13.0 Å². The summed E-state index contributed by atoms with van der Waals surface area (Å²) in [7, 11) is 3.34. The number of para-hydroxylation sites is 1. The Morgan fingerprint density at radius 1 is 1.38 bits per heavy atom. The number of amides is 2. The molecule has 2 rings (SSSR count). The van der Waals surface area contributed by atoms with Crippen molar-refractivity contribution in [2.24, 2.45) is 0 Å². The maximum absolute atomic E-state index is 12.7. The molecule has 6 heteroatoms. The highest BCUT2D eigenvalue weighted by Crippen LogP contribution is 2.24. The second-order valence-corrected chi connectivity index (χ2v) is 5.42. The number of rotatable bonds is 2. The van der Waals surface area contributed by atoms with Crippen molar-refractivity contribution >= 4 is 11.8 Å². The lowest BCUT2D eigenvalue weighted by Gasteiger charge is -2.36. The number of nitrogens with zero attached hydrogens (tertiary/aromatic N) is 2. The monoisotopic (exact) mass is 291 g/mol. The summed E-state index contributed by atoms with van der Waals surface area (Å²) >= 11 is 0. The van der Waals surface area contributed by atoms with Crippen molar-refractivity contribution in [3.05, 3.63) is 29.3 Å². The van der Waals surface area contributed by atoms with Crippen LogP contribution in [0, 0.1) is 6.92 Å². The van der Waals surface area contributed by atoms with E-state index in [0.717, 1.165) is 0 Å². The Kier molecular flexibility index (Phi) is 4.47. The zero-order chi connectivity index (χ0) is 15.6. The molecule has 114 valence electrons. The molecule has 0 spiro atoms. The van der Waals surface area contributed by atoms with Crippen molar-refractivity contribution in [3.63, 3.8) is 0 Å². The Hall–Kier alpha value is -2.08. The van der Waals surface area contributed by atoms with E-state index in [9.17, 15) is 14.7 Å². The highest BCUT2D eigenvalue weighted by Gasteiger charge is 2.34. The van der Waals surface area contributed by atoms with E-state index < -0.39 is 6.04 Å². The SMILES string of the molecule is Cc1cccc(C(=O)N2CCNCC2C(=O)N(C)C)c1O. The molecule has 0 saturated carbocycles. The van der Waals surface area contributed by atoms with Gasteiger partial charge in [0.15, 0.2) is 0 Å². The molecule has 6 nitrogen and oxygen atoms in total. The lowest BCUT2D eigenvalue weighted by Crippen LogP contribution is -2.59. The third-order valence-electron chi connectivity index (χ3n) is 3.70. The van der Waals surface area contributed by atoms with E-state index in [1.807, 2.05) is 0 Å². The van der Waals surface area contributed by atoms with Crippen LogP contribution in [0.4, 0.5) is 0 Å². The summed E-state index contributed by atoms with van der Waals surface area (Å²) in [5.74, 6) is -0.447. The van der Waals surface area contributed by atoms with Gasteiger partial charge in [-0.1, -0.05) is 12.1 Å². The average molecular weight is 291 g/mol. The number of hydrogen-bond donors (Lipinski definition) is 2. The van der Waals surface area contributed by atoms with Gasteiger partial charge >= 0.3 is 0 Å². The molecule has 0 radical (unpaired) electrons. The average Bonchev–Trinajstić information content (AvgIpc) is 2.48. The van der Waals surface area contributed by atoms with Crippen LogP contribution in [0.25, 0.3) is 0 Å². The molecule has 1 atom stereocenters. The number of phenols is 1. The summed E-state index contributed by atoms with van der Waals surface area (Å²) in [6, 6.07) is 4.52. The van der Waals surface area contributed by atoms with Gasteiger partial charge in [0.1, 0.15) is 11.8 Å². The van der Waals surface area contributed by atoms with Gasteiger partial charge < -0.3 is 20.2 Å². The summed E-state index contributed by atoms with van der Waals surface area (Å²) in [5, 5.41) is 13.2. The molecule has 1 aromatic rings. The Balaban J connectivity index is 2.31. The van der Waals surface area contributed by atoms with E-state index in [0.29, 0.717) is 25.2 Å². The Morgan fingerprint density at radius 2 is 2.10 bits per heavy atom. The van der Waals surface area contributed by atoms with Gasteiger partial charge in [0.25, 0.3) is 5.91 Å². The first kappa shape index (κ1) is 15.3. The second-order valence-electron chi connectivity index (χ2n) is 5.42. The van der Waals surface area contributed by atoms with Crippen LogP contribution in [0.3, 0.4) is 0 Å². The predicted octanol–water partition coefficient (Wildman–Crippen LogP) is 0.203. The number of carbonyl (C=O) groups excluding carboxylic acids is 2. The predicted molar refractivity (Wildman–Crippen MR) is 79.2 cm³/mol. The van der Waals surface area contributed by atoms with Gasteiger partial charge in [-0.3, -0.25) is 9.59 Å². The molecule has 0 bridgehead atoms. The number of nitrogens with one attached hydrogen (secondary N) is 1. The van der Waals surface area contributed by atoms with Crippen LogP contribution in [0.15, 0.2) is 18.2 Å². The molecule has 1 fully saturated rings. The normalized spacial score (nSPS) is 18.4. The fourth-order valence-corrected chi connectivity index (χ4v) is 2.45. The maximum Gasteiger partial charge on any atom is 0.258 e. The van der Waals surface area contributed by atoms with Gasteiger partial charge in [-0.15, -0.1) is 0 Å². The molecule has 1 heterocycles. The molecule has 1 unspecified atom stereocenters. The van der Waals surface area contributed by atoms with Crippen molar-refractivity contribution in [1.29, 1.82) is 0 Å². The molecule has 1 aliphatic rings. The van der Waals surface area contributed by atoms with Gasteiger partial charge in [-0.05, 0) is 18.6 Å². The van der Waals surface area contributed by atoms with Crippen LogP contribution < -0.4 is 5.32 Å². The lowest BCUT2D eigenvalue weighted by molar-refractivity contribution is -0.134. The first-order chi connectivity index (χ1) is 9.93. The summed E-state index contributed by atoms with van der Waals surface area (Å²) in [6.07, 6.45) is 0. The smallest absolute Gasteiger partial charge is 0.258 e. The van der Waals surface area contributed by atoms with Crippen molar-refractivity contribution in [2.75, 3.05) is 33.7 Å². The number of likely N-dealkylation sites (N-methyl/N-ethyl adjacent to an activating group) is 1. The largest absolute Gasteiger partial charge is 0.507 e. The molecule has 21 heavy (non-hydrogen) atoms. The van der Waals surface area contributed by atoms with E-state index in [-0.39, 0.29) is 23.1 Å². The third kappa shape index (κ3) is 3.00. The Labute approximate surface area is 124 Å². The van der Waals surface area contributed by atoms with E-state index >= 15 is 0 Å². The summed E-state index contributed by atoms with van der Waals surface area (Å²) in [5.41, 5.74) is 0.889. The van der Waals surface area contributed by atoms with Crippen LogP contribution in [0.1, 0.15) is 15.9 Å². The van der Waals surface area contributed by atoms with Gasteiger partial charge in [0.05, 0.1) is 5.56 Å². The number of carbonyl (C=O) groups is 2. The standard InChI is InChI=1S/C15H21N3O3/c1-10-5-4-6-11(13(10)19)14(20)18-8-7-16-9-12(18)15(21)17(2)3/h4-6,12,16,19H,7-9H2,1-3H3. The van der Waals surface area contributed by atoms with Gasteiger partial charge in [-0.25, -0.2) is 0 Å². The summed E-state index contributed by atoms with van der Waals surface area (Å²) < 4.78 is 0. The number of aromatic hydroxyl groups is 1. The maximum atomic E-state index is 12.7. The third-order valence-corrected chi connectivity index (χ3v) is 3.70. The van der Waals surface area contributed by atoms with Crippen LogP contribution >= 0.6 is 0 Å². The van der Waals surface area contributed by atoms with Crippen LogP contribution in [0.5, 0.6) is 5.75 Å². The van der Waals surface area contributed by atoms with Crippen molar-refractivity contribution < 1.29 is 14.7 Å². The van der Waals surface area contributed by atoms with E-state index in [4.69, 9.17) is 0 Å². The van der Waals surface area contributed by atoms with Gasteiger partial charge in [0, 0.05) is 33.7 Å². The van der Waals surface area contributed by atoms with Gasteiger partial charge in [-0.2, -0.15) is 0 Å². The minimum absolute atomic E-state index is 0.0166. The molecular formula is C15H21N3O3. The second kappa shape index (κ2) is 6.13. The molecule has 1 saturated heterocycles. The fourth-order valence-electron chi connectivity index (χ4n) is 2.45. The summed E-state index contributed by atoms with van der Waals surface area (Å²) in [6.45, 7) is 3.24. The number of hydrogen-bond acceptors (Lipinski definition) is 4. The number of phenolic OH excluding ortho intramolecular Hbond substituents is 1. The van der Waals surface area contributed by atoms with Crippen LogP contribution in [-0.2, 0) is 4.79 Å². The highest BCUT2D eigenvalue weighted by molar-refractivity contribution is 6.00. The minimum atomic E-state index is -0.541. The van der Waals surface area contributed by atoms with Crippen molar-refractivity contribution in [1.82, 2.24) is 15.1 Å². The van der Waals surface area contributed by atoms with Crippen molar-refractivity contribution in [3.8, 4) is 5.75 Å². The zero-order valence-electron chi connectivity index (χ0n) is 12.6. The summed E-state index contributed by atoms with van der Waals surface area (Å²) in [4.78, 5) is 27.9. The minimum Gasteiger partial charge on any atom is -0.507 e. The van der Waals surface area contributed by atoms with E-state index in [1.54, 1.807) is 39.2 Å². The molecule has 1 aliphatic heterocycles. The van der Waals surface area contributed by atoms with E-state index in [1.165, 1.54) is 9.80 Å². The molecule has 1 aromatic carbocycles. The van der Waals surface area contributed by atoms with Crippen LogP contribution in [0.2, 0.25) is 0 Å². The zero-order valence-corrected chi connectivity index (χ0v) is 12.6.